The fraction of sp³-hybridized carbons (Fsp3) is 0.278. The summed E-state index contributed by atoms with van der Waals surface area (Å²) in [6.45, 7) is 2.08. The van der Waals surface area contributed by atoms with Gasteiger partial charge >= 0.3 is 5.97 Å². The van der Waals surface area contributed by atoms with Crippen LogP contribution < -0.4 is 14.4 Å². The summed E-state index contributed by atoms with van der Waals surface area (Å²) in [4.78, 5) is 28.5. The van der Waals surface area contributed by atoms with E-state index < -0.39 is 5.97 Å². The number of hydrogen-bond acceptors (Lipinski definition) is 5. The number of carboxylic acids is 1. The number of anilines is 1. The Bertz CT molecular complexity index is 838. The summed E-state index contributed by atoms with van der Waals surface area (Å²) in [5.41, 5.74) is 2.25. The maximum absolute atomic E-state index is 12.0. The van der Waals surface area contributed by atoms with Crippen LogP contribution >= 0.6 is 11.6 Å². The van der Waals surface area contributed by atoms with Crippen molar-refractivity contribution in [1.82, 2.24) is 4.98 Å². The molecule has 0 radical (unpaired) electrons. The van der Waals surface area contributed by atoms with E-state index >= 15 is 0 Å². The normalized spacial score (nSPS) is 13.2. The highest BCUT2D eigenvalue weighted by atomic mass is 35.5. The van der Waals surface area contributed by atoms with Crippen LogP contribution in [0.2, 0.25) is 5.02 Å². The molecule has 2 aromatic rings. The van der Waals surface area contributed by atoms with Gasteiger partial charge in [0.25, 0.3) is 5.91 Å². The molecule has 2 heterocycles. The van der Waals surface area contributed by atoms with Crippen molar-refractivity contribution in [1.29, 1.82) is 0 Å². The number of nitrogens with zero attached hydrogens (tertiary/aromatic N) is 2. The van der Waals surface area contributed by atoms with Gasteiger partial charge in [0.05, 0.1) is 22.8 Å². The summed E-state index contributed by atoms with van der Waals surface area (Å²) in [7, 11) is 0. The predicted octanol–water partition coefficient (Wildman–Crippen LogP) is 2.82. The van der Waals surface area contributed by atoms with Gasteiger partial charge in [0.15, 0.2) is 6.61 Å². The molecule has 3 rings (SSSR count). The smallest absolute Gasteiger partial charge is 0.305 e. The van der Waals surface area contributed by atoms with Crippen molar-refractivity contribution >= 4 is 29.2 Å². The van der Waals surface area contributed by atoms with Crippen LogP contribution in [0, 0.1) is 6.92 Å². The molecule has 1 aromatic carbocycles. The summed E-state index contributed by atoms with van der Waals surface area (Å²) in [6.07, 6.45) is 1.59. The lowest BCUT2D eigenvalue weighted by atomic mass is 10.2. The lowest BCUT2D eigenvalue weighted by molar-refractivity contribution is -0.136. The molecule has 26 heavy (non-hydrogen) atoms. The van der Waals surface area contributed by atoms with Crippen molar-refractivity contribution in [2.75, 3.05) is 18.1 Å². The standard InChI is InChI=1S/C18H17ClN2O5/c1-11-2-3-12(20-8-11)9-25-15-7-16-14(6-13(15)19)21(5-4-18(23)24)17(22)10-26-16/h2-3,6-8H,4-5,9-10H2,1H3,(H,23,24). The zero-order valence-electron chi connectivity index (χ0n) is 14.1. The van der Waals surface area contributed by atoms with Gasteiger partial charge in [-0.3, -0.25) is 14.6 Å². The molecule has 7 nitrogen and oxygen atoms in total. The highest BCUT2D eigenvalue weighted by molar-refractivity contribution is 6.32. The van der Waals surface area contributed by atoms with Gasteiger partial charge in [-0.25, -0.2) is 0 Å². The predicted molar refractivity (Wildman–Crippen MR) is 94.9 cm³/mol. The molecule has 1 aliphatic heterocycles. The molecule has 0 aliphatic carbocycles. The molecule has 1 amide bonds. The van der Waals surface area contributed by atoms with Crippen molar-refractivity contribution in [3.05, 3.63) is 46.7 Å². The Morgan fingerprint density at radius 3 is 2.92 bits per heavy atom. The van der Waals surface area contributed by atoms with E-state index in [4.69, 9.17) is 26.2 Å². The molecule has 0 saturated heterocycles. The van der Waals surface area contributed by atoms with Crippen molar-refractivity contribution in [2.24, 2.45) is 0 Å². The Hall–Kier alpha value is -2.80. The lowest BCUT2D eigenvalue weighted by Crippen LogP contribution is -2.40. The molecular formula is C18H17ClN2O5. The molecular weight excluding hydrogens is 360 g/mol. The molecule has 0 spiro atoms. The first kappa shape index (κ1) is 18.0. The fourth-order valence-corrected chi connectivity index (χ4v) is 2.71. The second-order valence-electron chi connectivity index (χ2n) is 5.84. The first-order chi connectivity index (χ1) is 12.4. The molecule has 1 aromatic heterocycles. The number of aryl methyl sites for hydroxylation is 1. The molecule has 0 bridgehead atoms. The maximum atomic E-state index is 12.0. The highest BCUT2D eigenvalue weighted by Crippen LogP contribution is 2.40. The van der Waals surface area contributed by atoms with E-state index in [9.17, 15) is 9.59 Å². The van der Waals surface area contributed by atoms with E-state index in [1.807, 2.05) is 19.1 Å². The van der Waals surface area contributed by atoms with E-state index in [0.29, 0.717) is 22.2 Å². The molecule has 136 valence electrons. The number of aliphatic carboxylic acids is 1. The minimum Gasteiger partial charge on any atom is -0.486 e. The number of benzene rings is 1. The summed E-state index contributed by atoms with van der Waals surface area (Å²) >= 11 is 6.27. The highest BCUT2D eigenvalue weighted by Gasteiger charge is 2.27. The Morgan fingerprint density at radius 2 is 2.23 bits per heavy atom. The largest absolute Gasteiger partial charge is 0.486 e. The van der Waals surface area contributed by atoms with Crippen LogP contribution in [0.3, 0.4) is 0 Å². The average molecular weight is 377 g/mol. The lowest BCUT2D eigenvalue weighted by Gasteiger charge is -2.29. The second kappa shape index (κ2) is 7.61. The molecule has 1 N–H and O–H groups in total. The Kier molecular flexibility index (Phi) is 5.27. The van der Waals surface area contributed by atoms with E-state index in [1.165, 1.54) is 4.90 Å². The Balaban J connectivity index is 1.79. The van der Waals surface area contributed by atoms with Crippen molar-refractivity contribution < 1.29 is 24.2 Å². The Morgan fingerprint density at radius 1 is 1.42 bits per heavy atom. The molecule has 0 unspecified atom stereocenters. The van der Waals surface area contributed by atoms with Gasteiger partial charge in [-0.05, 0) is 24.6 Å². The number of carbonyl (C=O) groups excluding carboxylic acids is 1. The molecule has 0 fully saturated rings. The quantitative estimate of drug-likeness (QED) is 0.833. The van der Waals surface area contributed by atoms with E-state index in [-0.39, 0.29) is 32.1 Å². The number of rotatable bonds is 6. The number of halogens is 1. The van der Waals surface area contributed by atoms with Crippen molar-refractivity contribution in [3.8, 4) is 11.5 Å². The van der Waals surface area contributed by atoms with Crippen LogP contribution in [0.4, 0.5) is 5.69 Å². The summed E-state index contributed by atoms with van der Waals surface area (Å²) in [5.74, 6) is -0.471. The number of fused-ring (bicyclic) bond motifs is 1. The third-order valence-corrected chi connectivity index (χ3v) is 4.15. The second-order valence-corrected chi connectivity index (χ2v) is 6.25. The molecule has 0 saturated carbocycles. The van der Waals surface area contributed by atoms with Crippen molar-refractivity contribution in [2.45, 2.75) is 20.0 Å². The summed E-state index contributed by atoms with van der Waals surface area (Å²) < 4.78 is 11.2. The van der Waals surface area contributed by atoms with Crippen LogP contribution in [-0.4, -0.2) is 35.1 Å². The van der Waals surface area contributed by atoms with Crippen LogP contribution in [-0.2, 0) is 16.2 Å². The summed E-state index contributed by atoms with van der Waals surface area (Å²) in [5, 5.41) is 9.15. The topological polar surface area (TPSA) is 89.0 Å². The van der Waals surface area contributed by atoms with Crippen LogP contribution in [0.5, 0.6) is 11.5 Å². The number of ether oxygens (including phenoxy) is 2. The van der Waals surface area contributed by atoms with E-state index in [0.717, 1.165) is 11.3 Å². The molecule has 1 aliphatic rings. The first-order valence-corrected chi connectivity index (χ1v) is 8.34. The fourth-order valence-electron chi connectivity index (χ4n) is 2.50. The van der Waals surface area contributed by atoms with Crippen LogP contribution in [0.25, 0.3) is 0 Å². The van der Waals surface area contributed by atoms with Crippen LogP contribution in [0.15, 0.2) is 30.5 Å². The number of carbonyl (C=O) groups is 2. The SMILES string of the molecule is Cc1ccc(COc2cc3c(cc2Cl)N(CCC(=O)O)C(=O)CO3)nc1. The van der Waals surface area contributed by atoms with Gasteiger partial charge in [0.2, 0.25) is 0 Å². The monoisotopic (exact) mass is 376 g/mol. The van der Waals surface area contributed by atoms with E-state index in [2.05, 4.69) is 4.98 Å². The number of aromatic nitrogens is 1. The van der Waals surface area contributed by atoms with Gasteiger partial charge < -0.3 is 19.5 Å². The first-order valence-electron chi connectivity index (χ1n) is 7.97. The number of hydrogen-bond donors (Lipinski definition) is 1. The molecule has 0 atom stereocenters. The Labute approximate surface area is 155 Å². The number of amides is 1. The van der Waals surface area contributed by atoms with Gasteiger partial charge in [-0.1, -0.05) is 17.7 Å². The minimum absolute atomic E-state index is 0.0499. The average Bonchev–Trinajstić information content (AvgIpc) is 2.60. The molecule has 8 heteroatoms. The van der Waals surface area contributed by atoms with E-state index in [1.54, 1.807) is 18.3 Å². The third-order valence-electron chi connectivity index (χ3n) is 3.85. The van der Waals surface area contributed by atoms with Crippen molar-refractivity contribution in [3.63, 3.8) is 0 Å². The third kappa shape index (κ3) is 4.05. The van der Waals surface area contributed by atoms with Gasteiger partial charge in [0, 0.05) is 18.8 Å². The zero-order chi connectivity index (χ0) is 18.7. The summed E-state index contributed by atoms with van der Waals surface area (Å²) in [6, 6.07) is 6.96. The number of pyridine rings is 1. The zero-order valence-corrected chi connectivity index (χ0v) is 14.8. The van der Waals surface area contributed by atoms with Gasteiger partial charge in [0.1, 0.15) is 18.1 Å². The van der Waals surface area contributed by atoms with Crippen LogP contribution in [0.1, 0.15) is 17.7 Å². The maximum Gasteiger partial charge on any atom is 0.305 e. The number of carboxylic acid groups (broad SMARTS) is 1. The van der Waals surface area contributed by atoms with Gasteiger partial charge in [-0.2, -0.15) is 0 Å². The van der Waals surface area contributed by atoms with Gasteiger partial charge in [-0.15, -0.1) is 0 Å². The minimum atomic E-state index is -0.984.